The largest absolute Gasteiger partial charge is 0.343 e. The molecule has 0 unspecified atom stereocenters. The average Bonchev–Trinajstić information content (AvgIpc) is 3.30. The zero-order valence-electron chi connectivity index (χ0n) is 22.3. The molecule has 3 aliphatic rings. The molecule has 4 heterocycles. The van der Waals surface area contributed by atoms with E-state index < -0.39 is 0 Å². The lowest BCUT2D eigenvalue weighted by Crippen LogP contribution is -2.49. The van der Waals surface area contributed by atoms with Crippen LogP contribution in [-0.4, -0.2) is 69.5 Å². The molecule has 5 rings (SSSR count). The average molecular weight is 508 g/mol. The van der Waals surface area contributed by atoms with Crippen molar-refractivity contribution in [2.75, 3.05) is 38.5 Å². The Balaban J connectivity index is 1.32. The second-order valence-corrected chi connectivity index (χ2v) is 11.5. The van der Waals surface area contributed by atoms with E-state index in [0.29, 0.717) is 25.9 Å². The van der Waals surface area contributed by atoms with Crippen LogP contribution in [0.25, 0.3) is 16.6 Å². The van der Waals surface area contributed by atoms with Crippen LogP contribution in [0.1, 0.15) is 58.6 Å². The zero-order chi connectivity index (χ0) is 26.2. The van der Waals surface area contributed by atoms with E-state index in [9.17, 15) is 9.18 Å². The van der Waals surface area contributed by atoms with Gasteiger partial charge in [-0.3, -0.25) is 0 Å². The number of hydrogen-bond donors (Lipinski definition) is 3. The highest BCUT2D eigenvalue weighted by molar-refractivity contribution is 5.91. The number of anilines is 1. The van der Waals surface area contributed by atoms with Crippen molar-refractivity contribution in [2.45, 2.75) is 58.4 Å². The number of amides is 2. The Kier molecular flexibility index (Phi) is 7.07. The van der Waals surface area contributed by atoms with Gasteiger partial charge in [0.05, 0.1) is 5.39 Å². The number of H-pyrrole nitrogens is 1. The summed E-state index contributed by atoms with van der Waals surface area (Å²) in [7, 11) is 2.12. The molecule has 1 saturated heterocycles. The van der Waals surface area contributed by atoms with Crippen LogP contribution in [-0.2, 0) is 0 Å². The van der Waals surface area contributed by atoms with E-state index >= 15 is 0 Å². The minimum atomic E-state index is -0.260. The number of piperidine rings is 1. The second kappa shape index (κ2) is 10.3. The number of aromatic amines is 1. The Labute approximate surface area is 218 Å². The topological polar surface area (TPSA) is 89.2 Å². The van der Waals surface area contributed by atoms with Crippen LogP contribution >= 0.6 is 0 Å². The Morgan fingerprint density at radius 1 is 1.14 bits per heavy atom. The van der Waals surface area contributed by atoms with Crippen LogP contribution in [0.3, 0.4) is 0 Å². The molecular weight excluding hydrogens is 469 g/mol. The van der Waals surface area contributed by atoms with Crippen LogP contribution in [0.5, 0.6) is 0 Å². The van der Waals surface area contributed by atoms with E-state index in [1.807, 2.05) is 31.7 Å². The summed E-state index contributed by atoms with van der Waals surface area (Å²) in [6.07, 6.45) is 9.46. The lowest BCUT2D eigenvalue weighted by molar-refractivity contribution is 0.193. The summed E-state index contributed by atoms with van der Waals surface area (Å²) in [5.41, 5.74) is 4.50. The number of fused-ring (bicyclic) bond motifs is 1. The SMILES string of the molecule is CN1CCC(C2=C(F)CCC(Nc3ncnc4[nH]c(C5=CCN(C(=O)NC(C)(C)C)CC5)cc34)=C2)CC1. The first-order chi connectivity index (χ1) is 17.7. The Bertz CT molecular complexity index is 1260. The van der Waals surface area contributed by atoms with Gasteiger partial charge in [0, 0.05) is 36.4 Å². The van der Waals surface area contributed by atoms with Gasteiger partial charge in [-0.05, 0) is 95.8 Å². The quantitative estimate of drug-likeness (QED) is 0.529. The van der Waals surface area contributed by atoms with Gasteiger partial charge in [-0.2, -0.15) is 0 Å². The van der Waals surface area contributed by atoms with Crippen molar-refractivity contribution in [2.24, 2.45) is 5.92 Å². The van der Waals surface area contributed by atoms with Crippen LogP contribution in [0.15, 0.2) is 41.6 Å². The highest BCUT2D eigenvalue weighted by atomic mass is 19.1. The third kappa shape index (κ3) is 5.87. The lowest BCUT2D eigenvalue weighted by Gasteiger charge is -2.31. The first-order valence-corrected chi connectivity index (χ1v) is 13.3. The summed E-state index contributed by atoms with van der Waals surface area (Å²) in [5, 5.41) is 7.41. The number of halogens is 1. The molecule has 1 fully saturated rings. The molecule has 2 aromatic rings. The summed E-state index contributed by atoms with van der Waals surface area (Å²) >= 11 is 0. The van der Waals surface area contributed by atoms with Gasteiger partial charge in [0.1, 0.15) is 23.6 Å². The molecule has 0 radical (unpaired) electrons. The number of hydrogen-bond acceptors (Lipinski definition) is 5. The van der Waals surface area contributed by atoms with Gasteiger partial charge >= 0.3 is 6.03 Å². The molecule has 0 bridgehead atoms. The van der Waals surface area contributed by atoms with Gasteiger partial charge in [0.25, 0.3) is 0 Å². The summed E-state index contributed by atoms with van der Waals surface area (Å²) in [5.74, 6) is 1.04. The van der Waals surface area contributed by atoms with E-state index in [1.54, 1.807) is 6.33 Å². The molecular formula is C28H38FN7O. The maximum atomic E-state index is 14.8. The molecule has 2 aromatic heterocycles. The normalized spacial score (nSPS) is 20.2. The summed E-state index contributed by atoms with van der Waals surface area (Å²) in [6, 6.07) is 2.04. The van der Waals surface area contributed by atoms with Gasteiger partial charge in [-0.1, -0.05) is 6.08 Å². The second-order valence-electron chi connectivity index (χ2n) is 11.5. The molecule has 198 valence electrons. The molecule has 8 nitrogen and oxygen atoms in total. The molecule has 0 atom stereocenters. The number of allylic oxidation sites excluding steroid dienone is 4. The number of carbonyl (C=O) groups excluding carboxylic acids is 1. The molecule has 0 spiro atoms. The minimum absolute atomic E-state index is 0.0336. The fourth-order valence-corrected chi connectivity index (χ4v) is 5.35. The van der Waals surface area contributed by atoms with E-state index in [4.69, 9.17) is 0 Å². The van der Waals surface area contributed by atoms with Gasteiger partial charge in [-0.15, -0.1) is 0 Å². The lowest BCUT2D eigenvalue weighted by atomic mass is 9.85. The highest BCUT2D eigenvalue weighted by Gasteiger charge is 2.26. The Hall–Kier alpha value is -3.20. The van der Waals surface area contributed by atoms with Crippen molar-refractivity contribution in [3.05, 3.63) is 47.3 Å². The molecule has 0 saturated carbocycles. The van der Waals surface area contributed by atoms with Gasteiger partial charge in [0.2, 0.25) is 0 Å². The molecule has 37 heavy (non-hydrogen) atoms. The zero-order valence-corrected chi connectivity index (χ0v) is 22.3. The van der Waals surface area contributed by atoms with Crippen molar-refractivity contribution < 1.29 is 9.18 Å². The van der Waals surface area contributed by atoms with Gasteiger partial charge < -0.3 is 25.4 Å². The van der Waals surface area contributed by atoms with Crippen LogP contribution in [0.4, 0.5) is 15.0 Å². The number of nitrogens with one attached hydrogen (secondary N) is 3. The van der Waals surface area contributed by atoms with E-state index in [2.05, 4.69) is 49.7 Å². The van der Waals surface area contributed by atoms with Crippen molar-refractivity contribution in [1.29, 1.82) is 0 Å². The third-order valence-corrected chi connectivity index (χ3v) is 7.44. The predicted octanol–water partition coefficient (Wildman–Crippen LogP) is 5.21. The monoisotopic (exact) mass is 507 g/mol. The number of rotatable bonds is 4. The smallest absolute Gasteiger partial charge is 0.318 e. The molecule has 1 aliphatic carbocycles. The number of urea groups is 1. The van der Waals surface area contributed by atoms with E-state index in [-0.39, 0.29) is 23.3 Å². The van der Waals surface area contributed by atoms with Crippen LogP contribution < -0.4 is 10.6 Å². The maximum Gasteiger partial charge on any atom is 0.318 e. The first-order valence-electron chi connectivity index (χ1n) is 13.3. The molecule has 2 aliphatic heterocycles. The maximum absolute atomic E-state index is 14.8. The first kappa shape index (κ1) is 25.4. The predicted molar refractivity (Wildman–Crippen MR) is 146 cm³/mol. The third-order valence-electron chi connectivity index (χ3n) is 7.44. The summed E-state index contributed by atoms with van der Waals surface area (Å²) in [4.78, 5) is 29.0. The van der Waals surface area contributed by atoms with E-state index in [1.165, 1.54) is 0 Å². The Morgan fingerprint density at radius 3 is 2.62 bits per heavy atom. The fraction of sp³-hybridized carbons (Fsp3) is 0.536. The fourth-order valence-electron chi connectivity index (χ4n) is 5.35. The molecule has 3 N–H and O–H groups in total. The number of likely N-dealkylation sites (tertiary alicyclic amines) is 1. The Morgan fingerprint density at radius 2 is 1.92 bits per heavy atom. The van der Waals surface area contributed by atoms with Crippen molar-refractivity contribution >= 4 is 28.5 Å². The van der Waals surface area contributed by atoms with Gasteiger partial charge in [0.15, 0.2) is 0 Å². The van der Waals surface area contributed by atoms with Gasteiger partial charge in [-0.25, -0.2) is 19.2 Å². The number of aromatic nitrogens is 3. The van der Waals surface area contributed by atoms with Crippen molar-refractivity contribution in [1.82, 2.24) is 30.1 Å². The molecule has 0 aromatic carbocycles. The van der Waals surface area contributed by atoms with Crippen molar-refractivity contribution in [3.63, 3.8) is 0 Å². The number of carbonyl (C=O) groups is 1. The standard InChI is InChI=1S/C28H38FN7O/c1-28(2,3)34-27(37)36-13-9-19(10-14-36)24-16-22-25(30-17-31-26(22)33-24)32-20-5-6-23(29)21(15-20)18-7-11-35(4)12-8-18/h9,15-18H,5-8,10-14H2,1-4H3,(H,34,37)(H2,30,31,32,33). The van der Waals surface area contributed by atoms with Crippen LogP contribution in [0.2, 0.25) is 0 Å². The van der Waals surface area contributed by atoms with E-state index in [0.717, 1.165) is 71.7 Å². The van der Waals surface area contributed by atoms with Crippen LogP contribution in [0, 0.1) is 5.92 Å². The number of nitrogens with zero attached hydrogens (tertiary/aromatic N) is 4. The molecule has 2 amide bonds. The highest BCUT2D eigenvalue weighted by Crippen LogP contribution is 2.36. The van der Waals surface area contributed by atoms with Crippen molar-refractivity contribution in [3.8, 4) is 0 Å². The minimum Gasteiger partial charge on any atom is -0.343 e. The molecule has 9 heteroatoms. The summed E-state index contributed by atoms with van der Waals surface area (Å²) in [6.45, 7) is 9.19. The summed E-state index contributed by atoms with van der Waals surface area (Å²) < 4.78 is 14.8.